The topological polar surface area (TPSA) is 86.5 Å². The van der Waals surface area contributed by atoms with Crippen molar-refractivity contribution in [2.75, 3.05) is 20.8 Å². The van der Waals surface area contributed by atoms with Gasteiger partial charge in [0.25, 0.3) is 0 Å². The van der Waals surface area contributed by atoms with Crippen LogP contribution < -0.4 is 20.5 Å². The Hall–Kier alpha value is -4.75. The monoisotopic (exact) mass is 675 g/mol. The van der Waals surface area contributed by atoms with Crippen LogP contribution in [-0.4, -0.2) is 31.7 Å². The van der Waals surface area contributed by atoms with Gasteiger partial charge in [-0.3, -0.25) is 9.78 Å². The van der Waals surface area contributed by atoms with Gasteiger partial charge in [-0.1, -0.05) is 86.1 Å². The lowest BCUT2D eigenvalue weighted by Crippen LogP contribution is -2.31. The third kappa shape index (κ3) is 9.07. The summed E-state index contributed by atoms with van der Waals surface area (Å²) in [6, 6.07) is 33.8. The fourth-order valence-corrected chi connectivity index (χ4v) is 7.07. The summed E-state index contributed by atoms with van der Waals surface area (Å²) in [6.45, 7) is 2.72. The quantitative estimate of drug-likeness (QED) is 0.0906. The van der Waals surface area contributed by atoms with Crippen LogP contribution in [0.4, 0.5) is 4.39 Å². The number of ether oxygens (including phenoxy) is 2. The number of carbonyl (C=O) groups excluding carboxylic acids is 1. The van der Waals surface area contributed by atoms with Crippen molar-refractivity contribution in [2.24, 2.45) is 5.73 Å². The predicted molar refractivity (Wildman–Crippen MR) is 200 cm³/mol. The van der Waals surface area contributed by atoms with Crippen molar-refractivity contribution < 1.29 is 18.7 Å². The van der Waals surface area contributed by atoms with E-state index in [1.54, 1.807) is 26.4 Å². The van der Waals surface area contributed by atoms with Crippen molar-refractivity contribution in [3.05, 3.63) is 137 Å². The van der Waals surface area contributed by atoms with Crippen LogP contribution in [0.5, 0.6) is 11.5 Å². The molecule has 0 saturated carbocycles. The fraction of sp³-hybridized carbons (Fsp3) is 0.349. The summed E-state index contributed by atoms with van der Waals surface area (Å²) in [5.41, 5.74) is 11.7. The number of carbonyl (C=O) groups is 1. The van der Waals surface area contributed by atoms with E-state index in [1.807, 2.05) is 12.1 Å². The van der Waals surface area contributed by atoms with Gasteiger partial charge in [0, 0.05) is 35.5 Å². The van der Waals surface area contributed by atoms with E-state index in [4.69, 9.17) is 20.2 Å². The maximum absolute atomic E-state index is 13.3. The molecule has 7 heteroatoms. The van der Waals surface area contributed by atoms with Crippen LogP contribution in [0.1, 0.15) is 86.0 Å². The lowest BCUT2D eigenvalue weighted by molar-refractivity contribution is -0.121. The molecule has 1 heterocycles. The number of fused-ring (bicyclic) bond motifs is 1. The summed E-state index contributed by atoms with van der Waals surface area (Å²) < 4.78 is 24.6. The molecule has 0 aliphatic heterocycles. The number of methoxy groups -OCH3 is 2. The maximum Gasteiger partial charge on any atom is 0.220 e. The zero-order valence-corrected chi connectivity index (χ0v) is 29.6. The van der Waals surface area contributed by atoms with Crippen LogP contribution in [0.15, 0.2) is 103 Å². The van der Waals surface area contributed by atoms with Crippen molar-refractivity contribution in [3.8, 4) is 11.5 Å². The number of aromatic nitrogens is 1. The van der Waals surface area contributed by atoms with E-state index < -0.39 is 0 Å². The van der Waals surface area contributed by atoms with Crippen molar-refractivity contribution >= 4 is 16.7 Å². The van der Waals surface area contributed by atoms with Gasteiger partial charge in [-0.2, -0.15) is 0 Å². The predicted octanol–water partition coefficient (Wildman–Crippen LogP) is 9.03. The van der Waals surface area contributed by atoms with E-state index in [2.05, 4.69) is 79.0 Å². The molecule has 0 aliphatic rings. The Kier molecular flexibility index (Phi) is 13.0. The molecule has 0 fully saturated rings. The summed E-state index contributed by atoms with van der Waals surface area (Å²) >= 11 is 0. The van der Waals surface area contributed by atoms with Crippen molar-refractivity contribution in [3.63, 3.8) is 0 Å². The molecule has 0 saturated heterocycles. The highest BCUT2D eigenvalue weighted by Gasteiger charge is 2.33. The number of amides is 1. The summed E-state index contributed by atoms with van der Waals surface area (Å²) in [4.78, 5) is 17.9. The number of benzene rings is 4. The number of rotatable bonds is 18. The summed E-state index contributed by atoms with van der Waals surface area (Å²) in [7, 11) is 3.31. The van der Waals surface area contributed by atoms with Crippen LogP contribution in [0.3, 0.4) is 0 Å². The Morgan fingerprint density at radius 2 is 1.46 bits per heavy atom. The molecule has 4 aromatic carbocycles. The average molecular weight is 676 g/mol. The molecule has 6 nitrogen and oxygen atoms in total. The molecule has 5 aromatic rings. The zero-order valence-electron chi connectivity index (χ0n) is 29.6. The summed E-state index contributed by atoms with van der Waals surface area (Å²) in [5.74, 6) is 1.09. The van der Waals surface area contributed by atoms with E-state index >= 15 is 0 Å². The van der Waals surface area contributed by atoms with Gasteiger partial charge in [-0.05, 0) is 97.4 Å². The molecule has 0 bridgehead atoms. The van der Waals surface area contributed by atoms with Crippen molar-refractivity contribution in [2.45, 2.75) is 76.2 Å². The summed E-state index contributed by atoms with van der Waals surface area (Å²) in [5, 5.41) is 5.22. The Bertz CT molecular complexity index is 1770. The number of pyridine rings is 1. The number of halogens is 1. The number of nitrogens with one attached hydrogen (secondary N) is 1. The molecule has 1 unspecified atom stereocenters. The van der Waals surface area contributed by atoms with E-state index in [-0.39, 0.29) is 23.2 Å². The zero-order chi connectivity index (χ0) is 35.3. The minimum absolute atomic E-state index is 0.00511. The second-order valence-corrected chi connectivity index (χ2v) is 13.1. The van der Waals surface area contributed by atoms with Gasteiger partial charge >= 0.3 is 0 Å². The molecule has 0 spiro atoms. The number of aryl methyl sites for hydroxylation is 2. The average Bonchev–Trinajstić information content (AvgIpc) is 3.15. The number of nitrogens with two attached hydrogens (primary N) is 1. The van der Waals surface area contributed by atoms with Crippen molar-refractivity contribution in [1.29, 1.82) is 0 Å². The third-order valence-electron chi connectivity index (χ3n) is 9.74. The Morgan fingerprint density at radius 3 is 2.08 bits per heavy atom. The maximum atomic E-state index is 13.3. The molecule has 262 valence electrons. The second kappa shape index (κ2) is 17.8. The summed E-state index contributed by atoms with van der Waals surface area (Å²) in [6.07, 6.45) is 7.00. The highest BCUT2D eigenvalue weighted by molar-refractivity contribution is 5.88. The molecule has 5 rings (SSSR count). The first-order valence-corrected chi connectivity index (χ1v) is 17.8. The molecule has 0 aliphatic carbocycles. The Morgan fingerprint density at radius 1 is 0.840 bits per heavy atom. The second-order valence-electron chi connectivity index (χ2n) is 13.1. The highest BCUT2D eigenvalue weighted by Crippen LogP contribution is 2.42. The molecule has 1 amide bonds. The SMILES string of the molecule is CCCC(N)c1cc2cc(OC)c(OC)cc2c(CCCC(CCCNC(=O)CCc2ccc(F)cc2)(c2ccccc2)c2ccccc2)n1. The lowest BCUT2D eigenvalue weighted by Gasteiger charge is -2.36. The van der Waals surface area contributed by atoms with E-state index in [1.165, 1.54) is 23.3 Å². The van der Waals surface area contributed by atoms with Gasteiger partial charge in [0.2, 0.25) is 5.91 Å². The fourth-order valence-electron chi connectivity index (χ4n) is 7.07. The van der Waals surface area contributed by atoms with E-state index in [0.29, 0.717) is 30.9 Å². The minimum atomic E-state index is -0.270. The largest absolute Gasteiger partial charge is 0.493 e. The van der Waals surface area contributed by atoms with Crippen LogP contribution in [-0.2, 0) is 23.1 Å². The van der Waals surface area contributed by atoms with Gasteiger partial charge in [-0.15, -0.1) is 0 Å². The van der Waals surface area contributed by atoms with Crippen LogP contribution >= 0.6 is 0 Å². The Labute approximate surface area is 296 Å². The first-order valence-electron chi connectivity index (χ1n) is 17.8. The molecule has 0 radical (unpaired) electrons. The Balaban J connectivity index is 1.38. The molecule has 1 aromatic heterocycles. The van der Waals surface area contributed by atoms with Crippen LogP contribution in [0.2, 0.25) is 0 Å². The van der Waals surface area contributed by atoms with E-state index in [0.717, 1.165) is 72.7 Å². The van der Waals surface area contributed by atoms with Gasteiger partial charge in [0.15, 0.2) is 11.5 Å². The first kappa shape index (κ1) is 36.5. The molecule has 1 atom stereocenters. The van der Waals surface area contributed by atoms with Gasteiger partial charge < -0.3 is 20.5 Å². The first-order chi connectivity index (χ1) is 24.4. The number of nitrogens with zero attached hydrogens (tertiary/aromatic N) is 1. The normalized spacial score (nSPS) is 12.1. The molecule has 50 heavy (non-hydrogen) atoms. The standard InChI is InChI=1S/C43H50FN3O3/c1-4-13-37(45)39-28-32-29-40(49-2)41(50-3)30-36(32)38(47-39)18-11-25-43(33-14-7-5-8-15-33,34-16-9-6-10-17-34)26-12-27-46-42(48)24-21-31-19-22-35(44)23-20-31/h5-10,14-17,19-20,22-23,28-30,37H,4,11-13,18,21,24-27,45H2,1-3H3,(H,46,48). The molecule has 3 N–H and O–H groups in total. The van der Waals surface area contributed by atoms with Gasteiger partial charge in [0.05, 0.1) is 19.9 Å². The molecular weight excluding hydrogens is 625 g/mol. The number of hydrogen-bond donors (Lipinski definition) is 2. The minimum Gasteiger partial charge on any atom is -0.493 e. The lowest BCUT2D eigenvalue weighted by atomic mass is 9.68. The smallest absolute Gasteiger partial charge is 0.220 e. The third-order valence-corrected chi connectivity index (χ3v) is 9.74. The van der Waals surface area contributed by atoms with Crippen LogP contribution in [0, 0.1) is 5.82 Å². The number of hydrogen-bond acceptors (Lipinski definition) is 5. The molecular formula is C43H50FN3O3. The van der Waals surface area contributed by atoms with Gasteiger partial charge in [-0.25, -0.2) is 4.39 Å². The van der Waals surface area contributed by atoms with E-state index in [9.17, 15) is 9.18 Å². The van der Waals surface area contributed by atoms with Crippen LogP contribution in [0.25, 0.3) is 10.8 Å². The van der Waals surface area contributed by atoms with Gasteiger partial charge in [0.1, 0.15) is 5.82 Å². The highest BCUT2D eigenvalue weighted by atomic mass is 19.1. The van der Waals surface area contributed by atoms with Crippen molar-refractivity contribution in [1.82, 2.24) is 10.3 Å².